The molecule has 100 valence electrons. The van der Waals surface area contributed by atoms with Crippen LogP contribution in [0.3, 0.4) is 0 Å². The van der Waals surface area contributed by atoms with Crippen LogP contribution in [-0.4, -0.2) is 19.9 Å². The molecule has 0 radical (unpaired) electrons. The van der Waals surface area contributed by atoms with Gasteiger partial charge in [0, 0.05) is 17.3 Å². The van der Waals surface area contributed by atoms with E-state index in [-0.39, 0.29) is 6.61 Å². The fourth-order valence-corrected chi connectivity index (χ4v) is 2.30. The maximum Gasteiger partial charge on any atom is 0.155 e. The van der Waals surface area contributed by atoms with Crippen LogP contribution in [0.5, 0.6) is 0 Å². The number of benzene rings is 1. The minimum absolute atomic E-state index is 0.171. The Kier molecular flexibility index (Phi) is 3.50. The number of rotatable bonds is 3. The van der Waals surface area contributed by atoms with Crippen LogP contribution in [0.2, 0.25) is 5.15 Å². The van der Waals surface area contributed by atoms with Gasteiger partial charge in [-0.15, -0.1) is 0 Å². The molecular formula is C15H12ClN3O. The Morgan fingerprint density at radius 3 is 2.45 bits per heavy atom. The summed E-state index contributed by atoms with van der Waals surface area (Å²) in [5, 5.41) is 14.4. The number of aliphatic hydroxyl groups is 1. The van der Waals surface area contributed by atoms with Crippen LogP contribution >= 0.6 is 11.6 Å². The summed E-state index contributed by atoms with van der Waals surface area (Å²) in [6, 6.07) is 15.1. The lowest BCUT2D eigenvalue weighted by atomic mass is 10.1. The van der Waals surface area contributed by atoms with Crippen LogP contribution in [0.25, 0.3) is 17.1 Å². The third kappa shape index (κ3) is 2.19. The number of halogens is 1. The standard InChI is InChI=1S/C15H12ClN3O/c16-15-12(10-20)14(11-6-2-1-3-7-11)18-19(15)13-8-4-5-9-17-13/h1-9,20H,10H2. The van der Waals surface area contributed by atoms with Crippen LogP contribution in [0.15, 0.2) is 54.7 Å². The van der Waals surface area contributed by atoms with Crippen molar-refractivity contribution < 1.29 is 5.11 Å². The lowest BCUT2D eigenvalue weighted by Gasteiger charge is -2.00. The molecule has 0 aliphatic heterocycles. The summed E-state index contributed by atoms with van der Waals surface area (Å²) in [4.78, 5) is 4.23. The zero-order chi connectivity index (χ0) is 13.9. The molecule has 5 heteroatoms. The lowest BCUT2D eigenvalue weighted by Crippen LogP contribution is -1.99. The van der Waals surface area contributed by atoms with Crippen LogP contribution < -0.4 is 0 Å². The van der Waals surface area contributed by atoms with Crippen LogP contribution in [0.1, 0.15) is 5.56 Å². The summed E-state index contributed by atoms with van der Waals surface area (Å²) >= 11 is 6.31. The van der Waals surface area contributed by atoms with Gasteiger partial charge in [-0.2, -0.15) is 5.10 Å². The second-order valence-electron chi connectivity index (χ2n) is 4.24. The minimum atomic E-state index is -0.171. The van der Waals surface area contributed by atoms with Gasteiger partial charge in [-0.3, -0.25) is 0 Å². The van der Waals surface area contributed by atoms with Crippen molar-refractivity contribution in [2.24, 2.45) is 0 Å². The predicted molar refractivity (Wildman–Crippen MR) is 77.7 cm³/mol. The zero-order valence-electron chi connectivity index (χ0n) is 10.6. The number of hydrogen-bond donors (Lipinski definition) is 1. The summed E-state index contributed by atoms with van der Waals surface area (Å²) in [6.07, 6.45) is 1.67. The quantitative estimate of drug-likeness (QED) is 0.804. The van der Waals surface area contributed by atoms with Crippen molar-refractivity contribution in [3.8, 4) is 17.1 Å². The molecule has 1 aromatic carbocycles. The molecule has 1 N–H and O–H groups in total. The first-order chi connectivity index (χ1) is 9.81. The second-order valence-corrected chi connectivity index (χ2v) is 4.60. The molecule has 0 aliphatic rings. The lowest BCUT2D eigenvalue weighted by molar-refractivity contribution is 0.282. The highest BCUT2D eigenvalue weighted by atomic mass is 35.5. The maximum absolute atomic E-state index is 9.56. The Bertz CT molecular complexity index is 711. The summed E-state index contributed by atoms with van der Waals surface area (Å²) < 4.78 is 1.54. The molecule has 0 saturated heterocycles. The van der Waals surface area contributed by atoms with Crippen molar-refractivity contribution in [3.05, 3.63) is 65.4 Å². The Labute approximate surface area is 121 Å². The van der Waals surface area contributed by atoms with Gasteiger partial charge >= 0.3 is 0 Å². The van der Waals surface area contributed by atoms with E-state index >= 15 is 0 Å². The smallest absolute Gasteiger partial charge is 0.155 e. The highest BCUT2D eigenvalue weighted by molar-refractivity contribution is 6.31. The first-order valence-electron chi connectivity index (χ1n) is 6.16. The summed E-state index contributed by atoms with van der Waals surface area (Å²) in [5.74, 6) is 0.620. The SMILES string of the molecule is OCc1c(-c2ccccc2)nn(-c2ccccn2)c1Cl. The molecule has 0 bridgehead atoms. The summed E-state index contributed by atoms with van der Waals surface area (Å²) in [6.45, 7) is -0.171. The molecule has 3 aromatic rings. The van der Waals surface area contributed by atoms with Crippen LogP contribution in [0.4, 0.5) is 0 Å². The van der Waals surface area contributed by atoms with Crippen molar-refractivity contribution in [3.63, 3.8) is 0 Å². The van der Waals surface area contributed by atoms with Crippen LogP contribution in [0, 0.1) is 0 Å². The van der Waals surface area contributed by atoms with E-state index in [2.05, 4.69) is 10.1 Å². The van der Waals surface area contributed by atoms with Gasteiger partial charge in [0.15, 0.2) is 5.82 Å². The first kappa shape index (κ1) is 12.8. The third-order valence-corrected chi connectivity index (χ3v) is 3.38. The fraction of sp³-hybridized carbons (Fsp3) is 0.0667. The van der Waals surface area contributed by atoms with Gasteiger partial charge < -0.3 is 5.11 Å². The topological polar surface area (TPSA) is 50.9 Å². The van der Waals surface area contributed by atoms with E-state index in [1.54, 1.807) is 6.20 Å². The van der Waals surface area contributed by atoms with Crippen molar-refractivity contribution in [2.45, 2.75) is 6.61 Å². The van der Waals surface area contributed by atoms with Gasteiger partial charge in [0.05, 0.1) is 12.3 Å². The molecule has 3 rings (SSSR count). The molecule has 2 heterocycles. The van der Waals surface area contributed by atoms with Gasteiger partial charge in [-0.1, -0.05) is 48.0 Å². The van der Waals surface area contributed by atoms with E-state index in [9.17, 15) is 5.11 Å². The average Bonchev–Trinajstić information content (AvgIpc) is 2.86. The second kappa shape index (κ2) is 5.45. The maximum atomic E-state index is 9.56. The third-order valence-electron chi connectivity index (χ3n) is 2.99. The summed E-state index contributed by atoms with van der Waals surface area (Å²) in [7, 11) is 0. The van der Waals surface area contributed by atoms with Gasteiger partial charge in [0.1, 0.15) is 5.15 Å². The van der Waals surface area contributed by atoms with Crippen LogP contribution in [-0.2, 0) is 6.61 Å². The van der Waals surface area contributed by atoms with Gasteiger partial charge in [-0.25, -0.2) is 9.67 Å². The molecule has 0 fully saturated rings. The molecule has 20 heavy (non-hydrogen) atoms. The molecule has 0 saturated carbocycles. The number of pyridine rings is 1. The molecule has 0 spiro atoms. The molecule has 0 aliphatic carbocycles. The number of aromatic nitrogens is 3. The average molecular weight is 286 g/mol. The molecule has 4 nitrogen and oxygen atoms in total. The summed E-state index contributed by atoms with van der Waals surface area (Å²) in [5.41, 5.74) is 2.18. The number of aliphatic hydroxyl groups excluding tert-OH is 1. The van der Waals surface area contributed by atoms with E-state index in [1.165, 1.54) is 4.68 Å². The number of hydrogen-bond acceptors (Lipinski definition) is 3. The van der Waals surface area contributed by atoms with Crippen molar-refractivity contribution >= 4 is 11.6 Å². The first-order valence-corrected chi connectivity index (χ1v) is 6.54. The fourth-order valence-electron chi connectivity index (χ4n) is 2.03. The van der Waals surface area contributed by atoms with E-state index in [4.69, 9.17) is 11.6 Å². The van der Waals surface area contributed by atoms with E-state index in [0.29, 0.717) is 22.2 Å². The monoisotopic (exact) mass is 285 g/mol. The largest absolute Gasteiger partial charge is 0.391 e. The van der Waals surface area contributed by atoms with Crippen molar-refractivity contribution in [1.29, 1.82) is 0 Å². The van der Waals surface area contributed by atoms with E-state index in [1.807, 2.05) is 48.5 Å². The molecule has 0 amide bonds. The predicted octanol–water partition coefficient (Wildman–Crippen LogP) is 3.08. The Hall–Kier alpha value is -2.17. The molecular weight excluding hydrogens is 274 g/mol. The molecule has 2 aromatic heterocycles. The van der Waals surface area contributed by atoms with Crippen molar-refractivity contribution in [2.75, 3.05) is 0 Å². The molecule has 0 atom stereocenters. The Morgan fingerprint density at radius 2 is 1.80 bits per heavy atom. The Morgan fingerprint density at radius 1 is 1.05 bits per heavy atom. The molecule has 0 unspecified atom stereocenters. The van der Waals surface area contributed by atoms with Crippen molar-refractivity contribution in [1.82, 2.24) is 14.8 Å². The van der Waals surface area contributed by atoms with E-state index in [0.717, 1.165) is 5.56 Å². The van der Waals surface area contributed by atoms with Gasteiger partial charge in [-0.05, 0) is 12.1 Å². The number of nitrogens with zero attached hydrogens (tertiary/aromatic N) is 3. The van der Waals surface area contributed by atoms with E-state index < -0.39 is 0 Å². The Balaban J connectivity index is 2.18. The highest BCUT2D eigenvalue weighted by Crippen LogP contribution is 2.30. The minimum Gasteiger partial charge on any atom is -0.391 e. The van der Waals surface area contributed by atoms with Gasteiger partial charge in [0.2, 0.25) is 0 Å². The normalized spacial score (nSPS) is 10.7. The highest BCUT2D eigenvalue weighted by Gasteiger charge is 2.18. The zero-order valence-corrected chi connectivity index (χ0v) is 11.3. The van der Waals surface area contributed by atoms with Gasteiger partial charge in [0.25, 0.3) is 0 Å².